The summed E-state index contributed by atoms with van der Waals surface area (Å²) in [7, 11) is 0. The standard InChI is InChI=1S/C17H18N2O/c1-3-10-19-16-9-4-12(2)11-15(16)18-17(19)13-5-7-14(20)8-6-13/h4-9,11,20H,3,10H2,1-2H3. The van der Waals surface area contributed by atoms with E-state index in [1.54, 1.807) is 12.1 Å². The van der Waals surface area contributed by atoms with Crippen molar-refractivity contribution in [2.75, 3.05) is 0 Å². The molecular formula is C17H18N2O. The summed E-state index contributed by atoms with van der Waals surface area (Å²) >= 11 is 0. The Balaban J connectivity index is 2.22. The zero-order valence-corrected chi connectivity index (χ0v) is 11.8. The number of rotatable bonds is 3. The second kappa shape index (κ2) is 5.00. The maximum Gasteiger partial charge on any atom is 0.141 e. The highest BCUT2D eigenvalue weighted by molar-refractivity contribution is 5.81. The average Bonchev–Trinajstić information content (AvgIpc) is 2.78. The number of hydrogen-bond donors (Lipinski definition) is 1. The fourth-order valence-electron chi connectivity index (χ4n) is 2.52. The molecule has 3 rings (SSSR count). The van der Waals surface area contributed by atoms with Gasteiger partial charge in [-0.2, -0.15) is 0 Å². The van der Waals surface area contributed by atoms with Crippen LogP contribution in [0.25, 0.3) is 22.4 Å². The lowest BCUT2D eigenvalue weighted by atomic mass is 10.2. The van der Waals surface area contributed by atoms with E-state index in [0.29, 0.717) is 0 Å². The Hall–Kier alpha value is -2.29. The Morgan fingerprint density at radius 2 is 1.85 bits per heavy atom. The molecule has 0 saturated heterocycles. The van der Waals surface area contributed by atoms with Gasteiger partial charge < -0.3 is 9.67 Å². The normalized spacial score (nSPS) is 11.1. The molecule has 1 N–H and O–H groups in total. The minimum atomic E-state index is 0.280. The van der Waals surface area contributed by atoms with Crippen molar-refractivity contribution in [3.8, 4) is 17.1 Å². The molecule has 0 aliphatic rings. The molecule has 1 heterocycles. The van der Waals surface area contributed by atoms with E-state index in [2.05, 4.69) is 36.6 Å². The van der Waals surface area contributed by atoms with Crippen LogP contribution < -0.4 is 0 Å². The highest BCUT2D eigenvalue weighted by Crippen LogP contribution is 2.27. The molecule has 0 unspecified atom stereocenters. The van der Waals surface area contributed by atoms with Gasteiger partial charge in [0.1, 0.15) is 11.6 Å². The number of aromatic hydroxyl groups is 1. The van der Waals surface area contributed by atoms with Gasteiger partial charge in [0.05, 0.1) is 11.0 Å². The Labute approximate surface area is 118 Å². The molecule has 0 fully saturated rings. The van der Waals surface area contributed by atoms with Crippen LogP contribution in [0.2, 0.25) is 0 Å². The minimum Gasteiger partial charge on any atom is -0.508 e. The summed E-state index contributed by atoms with van der Waals surface area (Å²) in [6, 6.07) is 13.6. The van der Waals surface area contributed by atoms with Gasteiger partial charge in [-0.1, -0.05) is 13.0 Å². The second-order valence-electron chi connectivity index (χ2n) is 5.13. The molecule has 0 atom stereocenters. The fraction of sp³-hybridized carbons (Fsp3) is 0.235. The third-order valence-electron chi connectivity index (χ3n) is 3.48. The molecule has 0 radical (unpaired) electrons. The summed E-state index contributed by atoms with van der Waals surface area (Å²) in [5, 5.41) is 9.43. The van der Waals surface area contributed by atoms with Gasteiger partial charge in [0.25, 0.3) is 0 Å². The van der Waals surface area contributed by atoms with Crippen molar-refractivity contribution >= 4 is 11.0 Å². The first-order valence-corrected chi connectivity index (χ1v) is 6.95. The molecule has 3 heteroatoms. The van der Waals surface area contributed by atoms with E-state index in [4.69, 9.17) is 4.98 Å². The van der Waals surface area contributed by atoms with E-state index < -0.39 is 0 Å². The lowest BCUT2D eigenvalue weighted by Crippen LogP contribution is -1.99. The van der Waals surface area contributed by atoms with Crippen molar-refractivity contribution < 1.29 is 5.11 Å². The summed E-state index contributed by atoms with van der Waals surface area (Å²) in [6.07, 6.45) is 1.06. The smallest absolute Gasteiger partial charge is 0.141 e. The number of aryl methyl sites for hydroxylation is 2. The highest BCUT2D eigenvalue weighted by atomic mass is 16.3. The topological polar surface area (TPSA) is 38.0 Å². The van der Waals surface area contributed by atoms with Crippen LogP contribution in [-0.4, -0.2) is 14.7 Å². The number of benzene rings is 2. The molecule has 3 nitrogen and oxygen atoms in total. The van der Waals surface area contributed by atoms with Crippen molar-refractivity contribution in [2.45, 2.75) is 26.8 Å². The van der Waals surface area contributed by atoms with Gasteiger partial charge in [0.15, 0.2) is 0 Å². The molecule has 0 amide bonds. The zero-order chi connectivity index (χ0) is 14.1. The van der Waals surface area contributed by atoms with E-state index in [-0.39, 0.29) is 5.75 Å². The van der Waals surface area contributed by atoms with Crippen LogP contribution in [0.1, 0.15) is 18.9 Å². The molecular weight excluding hydrogens is 248 g/mol. The zero-order valence-electron chi connectivity index (χ0n) is 11.8. The number of phenolic OH excluding ortho intramolecular Hbond substituents is 1. The molecule has 1 aromatic heterocycles. The first kappa shape index (κ1) is 12.7. The van der Waals surface area contributed by atoms with Crippen LogP contribution >= 0.6 is 0 Å². The van der Waals surface area contributed by atoms with E-state index in [9.17, 15) is 5.11 Å². The number of aromatic nitrogens is 2. The number of imidazole rings is 1. The van der Waals surface area contributed by atoms with Gasteiger partial charge in [-0.15, -0.1) is 0 Å². The Morgan fingerprint density at radius 1 is 1.10 bits per heavy atom. The van der Waals surface area contributed by atoms with Crippen LogP contribution in [0.3, 0.4) is 0 Å². The van der Waals surface area contributed by atoms with Crippen LogP contribution in [-0.2, 0) is 6.54 Å². The fourth-order valence-corrected chi connectivity index (χ4v) is 2.52. The number of fused-ring (bicyclic) bond motifs is 1. The van der Waals surface area contributed by atoms with Gasteiger partial charge in [-0.05, 0) is 55.3 Å². The van der Waals surface area contributed by atoms with Crippen molar-refractivity contribution in [3.05, 3.63) is 48.0 Å². The lowest BCUT2D eigenvalue weighted by molar-refractivity contribution is 0.475. The van der Waals surface area contributed by atoms with Gasteiger partial charge in [0, 0.05) is 12.1 Å². The first-order valence-electron chi connectivity index (χ1n) is 6.95. The SMILES string of the molecule is CCCn1c(-c2ccc(O)cc2)nc2cc(C)ccc21. The summed E-state index contributed by atoms with van der Waals surface area (Å²) in [5.41, 5.74) is 4.45. The van der Waals surface area contributed by atoms with Crippen molar-refractivity contribution in [1.82, 2.24) is 9.55 Å². The number of phenols is 1. The molecule has 0 spiro atoms. The molecule has 102 valence electrons. The largest absolute Gasteiger partial charge is 0.508 e. The van der Waals surface area contributed by atoms with Crippen LogP contribution in [0.15, 0.2) is 42.5 Å². The summed E-state index contributed by atoms with van der Waals surface area (Å²) in [4.78, 5) is 4.77. The van der Waals surface area contributed by atoms with Gasteiger partial charge in [-0.3, -0.25) is 0 Å². The molecule has 0 bridgehead atoms. The minimum absolute atomic E-state index is 0.280. The average molecular weight is 266 g/mol. The van der Waals surface area contributed by atoms with Gasteiger partial charge in [0.2, 0.25) is 0 Å². The lowest BCUT2D eigenvalue weighted by Gasteiger charge is -2.08. The molecule has 0 aliphatic carbocycles. The molecule has 0 aliphatic heterocycles. The van der Waals surface area contributed by atoms with E-state index >= 15 is 0 Å². The molecule has 3 aromatic rings. The quantitative estimate of drug-likeness (QED) is 0.774. The monoisotopic (exact) mass is 266 g/mol. The maximum absolute atomic E-state index is 9.43. The molecule has 2 aromatic carbocycles. The Kier molecular flexibility index (Phi) is 3.18. The van der Waals surface area contributed by atoms with Gasteiger partial charge >= 0.3 is 0 Å². The number of nitrogens with zero attached hydrogens (tertiary/aromatic N) is 2. The molecule has 20 heavy (non-hydrogen) atoms. The Morgan fingerprint density at radius 3 is 2.55 bits per heavy atom. The third-order valence-corrected chi connectivity index (χ3v) is 3.48. The van der Waals surface area contributed by atoms with Crippen molar-refractivity contribution in [3.63, 3.8) is 0 Å². The summed E-state index contributed by atoms with van der Waals surface area (Å²) < 4.78 is 2.25. The second-order valence-corrected chi connectivity index (χ2v) is 5.13. The third kappa shape index (κ3) is 2.16. The first-order chi connectivity index (χ1) is 9.69. The van der Waals surface area contributed by atoms with Crippen molar-refractivity contribution in [1.29, 1.82) is 0 Å². The van der Waals surface area contributed by atoms with E-state index in [1.807, 2.05) is 12.1 Å². The highest BCUT2D eigenvalue weighted by Gasteiger charge is 2.12. The van der Waals surface area contributed by atoms with Gasteiger partial charge in [-0.25, -0.2) is 4.98 Å². The van der Waals surface area contributed by atoms with E-state index in [0.717, 1.165) is 29.9 Å². The van der Waals surface area contributed by atoms with E-state index in [1.165, 1.54) is 11.1 Å². The summed E-state index contributed by atoms with van der Waals surface area (Å²) in [6.45, 7) is 5.19. The van der Waals surface area contributed by atoms with Crippen LogP contribution in [0.5, 0.6) is 5.75 Å². The molecule has 0 saturated carbocycles. The van der Waals surface area contributed by atoms with Crippen molar-refractivity contribution in [2.24, 2.45) is 0 Å². The van der Waals surface area contributed by atoms with Crippen LogP contribution in [0, 0.1) is 6.92 Å². The van der Waals surface area contributed by atoms with Crippen LogP contribution in [0.4, 0.5) is 0 Å². The predicted molar refractivity (Wildman–Crippen MR) is 81.9 cm³/mol. The Bertz CT molecular complexity index is 742. The maximum atomic E-state index is 9.43. The predicted octanol–water partition coefficient (Wildman–Crippen LogP) is 4.13. The summed E-state index contributed by atoms with van der Waals surface area (Å²) in [5.74, 6) is 1.25. The number of hydrogen-bond acceptors (Lipinski definition) is 2.